The SMILES string of the molecule is CC(NC(=O)CN1CCC(N)CC1)c1ccc2c(c1)CCCC2. The molecule has 0 radical (unpaired) electrons. The Hall–Kier alpha value is -1.39. The largest absolute Gasteiger partial charge is 0.348 e. The summed E-state index contributed by atoms with van der Waals surface area (Å²) in [7, 11) is 0. The molecular formula is C19H29N3O. The minimum absolute atomic E-state index is 0.0711. The smallest absolute Gasteiger partial charge is 0.234 e. The summed E-state index contributed by atoms with van der Waals surface area (Å²) in [6.45, 7) is 4.43. The molecule has 1 aliphatic carbocycles. The van der Waals surface area contributed by atoms with Crippen LogP contribution < -0.4 is 11.1 Å². The number of nitrogens with one attached hydrogen (secondary N) is 1. The molecular weight excluding hydrogens is 286 g/mol. The van der Waals surface area contributed by atoms with Gasteiger partial charge in [-0.1, -0.05) is 18.2 Å². The quantitative estimate of drug-likeness (QED) is 0.895. The fraction of sp³-hybridized carbons (Fsp3) is 0.632. The second-order valence-electron chi connectivity index (χ2n) is 7.14. The first-order chi connectivity index (χ1) is 11.1. The van der Waals surface area contributed by atoms with E-state index in [0.29, 0.717) is 12.6 Å². The van der Waals surface area contributed by atoms with Crippen LogP contribution in [-0.4, -0.2) is 36.5 Å². The Balaban J connectivity index is 1.54. The number of nitrogens with zero attached hydrogens (tertiary/aromatic N) is 1. The third-order valence-electron chi connectivity index (χ3n) is 5.25. The topological polar surface area (TPSA) is 58.4 Å². The molecule has 1 fully saturated rings. The molecule has 0 bridgehead atoms. The number of amides is 1. The Morgan fingerprint density at radius 1 is 1.26 bits per heavy atom. The van der Waals surface area contributed by atoms with Gasteiger partial charge in [0.1, 0.15) is 0 Å². The van der Waals surface area contributed by atoms with E-state index in [9.17, 15) is 4.79 Å². The van der Waals surface area contributed by atoms with Crippen molar-refractivity contribution in [1.82, 2.24) is 10.2 Å². The number of hydrogen-bond donors (Lipinski definition) is 2. The van der Waals surface area contributed by atoms with Gasteiger partial charge < -0.3 is 11.1 Å². The van der Waals surface area contributed by atoms with Gasteiger partial charge in [0.25, 0.3) is 0 Å². The summed E-state index contributed by atoms with van der Waals surface area (Å²) in [4.78, 5) is 14.5. The van der Waals surface area contributed by atoms with Gasteiger partial charge >= 0.3 is 0 Å². The number of rotatable bonds is 4. The highest BCUT2D eigenvalue weighted by atomic mass is 16.2. The first kappa shape index (κ1) is 16.5. The summed E-state index contributed by atoms with van der Waals surface area (Å²) in [5.74, 6) is 0.116. The summed E-state index contributed by atoms with van der Waals surface area (Å²) >= 11 is 0. The molecule has 0 saturated carbocycles. The molecule has 1 aromatic carbocycles. The van der Waals surface area contributed by atoms with Gasteiger partial charge in [0, 0.05) is 19.1 Å². The lowest BCUT2D eigenvalue weighted by Gasteiger charge is -2.30. The van der Waals surface area contributed by atoms with E-state index in [-0.39, 0.29) is 11.9 Å². The third kappa shape index (κ3) is 4.33. The van der Waals surface area contributed by atoms with Crippen LogP contribution >= 0.6 is 0 Å². The minimum Gasteiger partial charge on any atom is -0.348 e. The van der Waals surface area contributed by atoms with Gasteiger partial charge in [0.2, 0.25) is 5.91 Å². The van der Waals surface area contributed by atoms with Crippen molar-refractivity contribution in [3.63, 3.8) is 0 Å². The van der Waals surface area contributed by atoms with Gasteiger partial charge in [-0.2, -0.15) is 0 Å². The Morgan fingerprint density at radius 2 is 1.96 bits per heavy atom. The number of aryl methyl sites for hydroxylation is 2. The molecule has 4 heteroatoms. The van der Waals surface area contributed by atoms with Crippen molar-refractivity contribution in [2.75, 3.05) is 19.6 Å². The Morgan fingerprint density at radius 3 is 2.70 bits per heavy atom. The molecule has 23 heavy (non-hydrogen) atoms. The number of piperidine rings is 1. The Bertz CT molecular complexity index is 550. The first-order valence-electron chi connectivity index (χ1n) is 9.01. The van der Waals surface area contributed by atoms with Gasteiger partial charge in [-0.3, -0.25) is 9.69 Å². The zero-order chi connectivity index (χ0) is 16.2. The van der Waals surface area contributed by atoms with Crippen LogP contribution in [0.25, 0.3) is 0 Å². The number of carbonyl (C=O) groups is 1. The average Bonchev–Trinajstić information content (AvgIpc) is 2.56. The number of likely N-dealkylation sites (tertiary alicyclic amines) is 1. The average molecular weight is 315 g/mol. The molecule has 1 atom stereocenters. The molecule has 126 valence electrons. The molecule has 0 spiro atoms. The predicted octanol–water partition coefficient (Wildman–Crippen LogP) is 2.17. The van der Waals surface area contributed by atoms with Crippen molar-refractivity contribution in [3.8, 4) is 0 Å². The zero-order valence-corrected chi connectivity index (χ0v) is 14.2. The first-order valence-corrected chi connectivity index (χ1v) is 9.01. The fourth-order valence-electron chi connectivity index (χ4n) is 3.71. The van der Waals surface area contributed by atoms with Crippen molar-refractivity contribution in [3.05, 3.63) is 34.9 Å². The highest BCUT2D eigenvalue weighted by Gasteiger charge is 2.19. The van der Waals surface area contributed by atoms with Crippen LogP contribution in [-0.2, 0) is 17.6 Å². The maximum Gasteiger partial charge on any atom is 0.234 e. The standard InChI is InChI=1S/C19H29N3O/c1-14(16-7-6-15-4-2-3-5-17(15)12-16)21-19(23)13-22-10-8-18(20)9-11-22/h6-7,12,14,18H,2-5,8-11,13,20H2,1H3,(H,21,23). The summed E-state index contributed by atoms with van der Waals surface area (Å²) in [5.41, 5.74) is 10.1. The monoisotopic (exact) mass is 315 g/mol. The summed E-state index contributed by atoms with van der Waals surface area (Å²) in [6, 6.07) is 7.10. The van der Waals surface area contributed by atoms with E-state index in [1.54, 1.807) is 0 Å². The van der Waals surface area contributed by atoms with Crippen LogP contribution in [0.15, 0.2) is 18.2 Å². The lowest BCUT2D eigenvalue weighted by Crippen LogP contribution is -2.44. The number of hydrogen-bond acceptors (Lipinski definition) is 3. The van der Waals surface area contributed by atoms with E-state index in [4.69, 9.17) is 5.73 Å². The lowest BCUT2D eigenvalue weighted by molar-refractivity contribution is -0.123. The lowest BCUT2D eigenvalue weighted by atomic mass is 9.89. The number of benzene rings is 1. The van der Waals surface area contributed by atoms with E-state index in [1.807, 2.05) is 0 Å². The normalized spacial score (nSPS) is 20.8. The van der Waals surface area contributed by atoms with Crippen molar-refractivity contribution >= 4 is 5.91 Å². The molecule has 1 aliphatic heterocycles. The Labute approximate surface area is 139 Å². The number of carbonyl (C=O) groups excluding carboxylic acids is 1. The van der Waals surface area contributed by atoms with Crippen molar-refractivity contribution in [2.24, 2.45) is 5.73 Å². The van der Waals surface area contributed by atoms with Crippen molar-refractivity contribution < 1.29 is 4.79 Å². The van der Waals surface area contributed by atoms with Crippen LogP contribution in [0.4, 0.5) is 0 Å². The zero-order valence-electron chi connectivity index (χ0n) is 14.2. The van der Waals surface area contributed by atoms with E-state index >= 15 is 0 Å². The van der Waals surface area contributed by atoms with Crippen LogP contribution in [0.5, 0.6) is 0 Å². The molecule has 1 unspecified atom stereocenters. The highest BCUT2D eigenvalue weighted by molar-refractivity contribution is 5.78. The van der Waals surface area contributed by atoms with Gasteiger partial charge in [0.15, 0.2) is 0 Å². The Kier molecular flexibility index (Phi) is 5.34. The molecule has 2 aliphatic rings. The van der Waals surface area contributed by atoms with E-state index in [1.165, 1.54) is 42.4 Å². The van der Waals surface area contributed by atoms with E-state index in [0.717, 1.165) is 25.9 Å². The van der Waals surface area contributed by atoms with Crippen LogP contribution in [0.1, 0.15) is 55.3 Å². The summed E-state index contributed by atoms with van der Waals surface area (Å²) < 4.78 is 0. The minimum atomic E-state index is 0.0711. The fourth-order valence-corrected chi connectivity index (χ4v) is 3.71. The maximum absolute atomic E-state index is 12.3. The van der Waals surface area contributed by atoms with Crippen LogP contribution in [0.2, 0.25) is 0 Å². The van der Waals surface area contributed by atoms with Crippen molar-refractivity contribution in [1.29, 1.82) is 0 Å². The molecule has 1 heterocycles. The predicted molar refractivity (Wildman–Crippen MR) is 93.3 cm³/mol. The molecule has 0 aromatic heterocycles. The number of nitrogens with two attached hydrogens (primary N) is 1. The third-order valence-corrected chi connectivity index (χ3v) is 5.25. The number of fused-ring (bicyclic) bond motifs is 1. The highest BCUT2D eigenvalue weighted by Crippen LogP contribution is 2.24. The second-order valence-corrected chi connectivity index (χ2v) is 7.14. The molecule has 3 N–H and O–H groups in total. The molecule has 3 rings (SSSR count). The molecule has 1 amide bonds. The van der Waals surface area contributed by atoms with Gasteiger partial charge in [0.05, 0.1) is 12.6 Å². The van der Waals surface area contributed by atoms with Crippen LogP contribution in [0.3, 0.4) is 0 Å². The second kappa shape index (κ2) is 7.45. The molecule has 1 aromatic rings. The maximum atomic E-state index is 12.3. The molecule has 4 nitrogen and oxygen atoms in total. The van der Waals surface area contributed by atoms with E-state index < -0.39 is 0 Å². The summed E-state index contributed by atoms with van der Waals surface area (Å²) in [5, 5.41) is 3.15. The summed E-state index contributed by atoms with van der Waals surface area (Å²) in [6.07, 6.45) is 6.96. The van der Waals surface area contributed by atoms with Gasteiger partial charge in [-0.05, 0) is 62.1 Å². The van der Waals surface area contributed by atoms with E-state index in [2.05, 4.69) is 35.3 Å². The van der Waals surface area contributed by atoms with Gasteiger partial charge in [-0.25, -0.2) is 0 Å². The van der Waals surface area contributed by atoms with Gasteiger partial charge in [-0.15, -0.1) is 0 Å². The van der Waals surface area contributed by atoms with Crippen LogP contribution in [0, 0.1) is 0 Å². The van der Waals surface area contributed by atoms with Crippen molar-refractivity contribution in [2.45, 2.75) is 57.5 Å². The molecule has 1 saturated heterocycles.